The molecule has 24 heavy (non-hydrogen) atoms. The zero-order chi connectivity index (χ0) is 17.1. The maximum atomic E-state index is 10.1. The number of rotatable bonds is 5. The molecule has 3 heterocycles. The Morgan fingerprint density at radius 1 is 1.29 bits per heavy atom. The van der Waals surface area contributed by atoms with Crippen LogP contribution in [0.25, 0.3) is 5.82 Å². The van der Waals surface area contributed by atoms with E-state index in [-0.39, 0.29) is 13.0 Å². The molecule has 9 heteroatoms. The van der Waals surface area contributed by atoms with E-state index in [2.05, 4.69) is 20.1 Å². The number of hydrogen-bond donors (Lipinski definition) is 3. The average Bonchev–Trinajstić information content (AvgIpc) is 3.21. The van der Waals surface area contributed by atoms with E-state index in [0.29, 0.717) is 17.2 Å². The molecule has 128 valence electrons. The van der Waals surface area contributed by atoms with E-state index in [1.54, 1.807) is 36.3 Å². The van der Waals surface area contributed by atoms with Gasteiger partial charge in [0.05, 0.1) is 18.4 Å². The Hall–Kier alpha value is -2.20. The second-order valence-corrected chi connectivity index (χ2v) is 5.41. The number of aliphatic imine (C=N–C) groups is 1. The van der Waals surface area contributed by atoms with Crippen molar-refractivity contribution in [1.82, 2.24) is 19.7 Å². The van der Waals surface area contributed by atoms with Gasteiger partial charge >= 0.3 is 0 Å². The Kier molecular flexibility index (Phi) is 4.95. The van der Waals surface area contributed by atoms with Crippen LogP contribution in [0.5, 0.6) is 0 Å². The highest BCUT2D eigenvalue weighted by atomic mass is 16.6. The molecule has 3 rings (SSSR count). The van der Waals surface area contributed by atoms with Crippen molar-refractivity contribution in [3.05, 3.63) is 30.5 Å². The molecule has 1 fully saturated rings. The molecular formula is C15H19N5O4. The predicted octanol–water partition coefficient (Wildman–Crippen LogP) is -0.592. The minimum atomic E-state index is -1.13. The molecule has 2 aromatic heterocycles. The van der Waals surface area contributed by atoms with Crippen molar-refractivity contribution >= 4 is 11.9 Å². The molecule has 0 radical (unpaired) electrons. The highest BCUT2D eigenvalue weighted by Crippen LogP contribution is 2.29. The molecule has 1 saturated heterocycles. The molecule has 0 bridgehead atoms. The third kappa shape index (κ3) is 3.06. The first-order chi connectivity index (χ1) is 11.7. The van der Waals surface area contributed by atoms with E-state index < -0.39 is 24.4 Å². The summed E-state index contributed by atoms with van der Waals surface area (Å²) < 4.78 is 7.09. The summed E-state index contributed by atoms with van der Waals surface area (Å²) in [5, 5.41) is 33.3. The van der Waals surface area contributed by atoms with Gasteiger partial charge in [-0.3, -0.25) is 4.99 Å². The molecule has 0 spiro atoms. The van der Waals surface area contributed by atoms with Gasteiger partial charge in [-0.1, -0.05) is 0 Å². The van der Waals surface area contributed by atoms with Gasteiger partial charge in [-0.15, -0.1) is 0 Å². The van der Waals surface area contributed by atoms with Crippen LogP contribution in [0.4, 0.5) is 5.69 Å². The zero-order valence-electron chi connectivity index (χ0n) is 13.1. The van der Waals surface area contributed by atoms with Gasteiger partial charge in [-0.25, -0.2) is 14.6 Å². The first-order valence-corrected chi connectivity index (χ1v) is 7.60. The number of hydrogen-bond acceptors (Lipinski definition) is 8. The lowest BCUT2D eigenvalue weighted by atomic mass is 10.0. The van der Waals surface area contributed by atoms with Gasteiger partial charge in [0.2, 0.25) is 0 Å². The van der Waals surface area contributed by atoms with E-state index in [0.717, 1.165) is 0 Å². The van der Waals surface area contributed by atoms with Crippen molar-refractivity contribution in [3.63, 3.8) is 0 Å². The average molecular weight is 333 g/mol. The third-order valence-corrected chi connectivity index (χ3v) is 3.89. The van der Waals surface area contributed by atoms with Crippen LogP contribution in [-0.2, 0) is 11.2 Å². The lowest BCUT2D eigenvalue weighted by Gasteiger charge is -2.16. The summed E-state index contributed by atoms with van der Waals surface area (Å²) in [5.74, 6) is 0.509. The molecule has 9 nitrogen and oxygen atoms in total. The fourth-order valence-electron chi connectivity index (χ4n) is 2.71. The van der Waals surface area contributed by atoms with Gasteiger partial charge in [-0.05, 0) is 13.0 Å². The Balaban J connectivity index is 1.92. The van der Waals surface area contributed by atoms with Crippen molar-refractivity contribution < 1.29 is 20.1 Å². The summed E-state index contributed by atoms with van der Waals surface area (Å²) in [6, 6.07) is 1.77. The molecule has 0 aromatic carbocycles. The summed E-state index contributed by atoms with van der Waals surface area (Å²) >= 11 is 0. The SMILES string of the molecule is CC=Nc1c(CC2O[C@H](CO)[C@@H](O)[C@H]2O)ncnc1-n1cccn1. The second-order valence-electron chi connectivity index (χ2n) is 5.41. The molecule has 0 amide bonds. The second kappa shape index (κ2) is 7.14. The molecular weight excluding hydrogens is 314 g/mol. The van der Waals surface area contributed by atoms with E-state index in [4.69, 9.17) is 4.74 Å². The maximum absolute atomic E-state index is 10.1. The summed E-state index contributed by atoms with van der Waals surface area (Å²) in [5.41, 5.74) is 1.07. The fraction of sp³-hybridized carbons (Fsp3) is 0.467. The first-order valence-electron chi connectivity index (χ1n) is 7.60. The number of nitrogens with zero attached hydrogens (tertiary/aromatic N) is 5. The lowest BCUT2D eigenvalue weighted by molar-refractivity contribution is -0.0217. The van der Waals surface area contributed by atoms with Crippen molar-refractivity contribution in [2.45, 2.75) is 37.8 Å². The van der Waals surface area contributed by atoms with Gasteiger partial charge in [0.1, 0.15) is 30.3 Å². The van der Waals surface area contributed by atoms with Crippen molar-refractivity contribution in [1.29, 1.82) is 0 Å². The van der Waals surface area contributed by atoms with Crippen LogP contribution in [0.2, 0.25) is 0 Å². The van der Waals surface area contributed by atoms with Crippen molar-refractivity contribution in [3.8, 4) is 5.82 Å². The van der Waals surface area contributed by atoms with Crippen molar-refractivity contribution in [2.24, 2.45) is 4.99 Å². The van der Waals surface area contributed by atoms with Crippen LogP contribution < -0.4 is 0 Å². The zero-order valence-corrected chi connectivity index (χ0v) is 13.1. The Morgan fingerprint density at radius 3 is 2.71 bits per heavy atom. The normalized spacial score (nSPS) is 27.2. The molecule has 4 atom stereocenters. The highest BCUT2D eigenvalue weighted by Gasteiger charge is 2.42. The summed E-state index contributed by atoms with van der Waals surface area (Å²) in [4.78, 5) is 12.8. The van der Waals surface area contributed by atoms with Crippen LogP contribution in [0.1, 0.15) is 12.6 Å². The number of aliphatic hydroxyl groups is 3. The maximum Gasteiger partial charge on any atom is 0.182 e. The number of aromatic nitrogens is 4. The molecule has 0 saturated carbocycles. The lowest BCUT2D eigenvalue weighted by Crippen LogP contribution is -2.34. The van der Waals surface area contributed by atoms with Crippen molar-refractivity contribution in [2.75, 3.05) is 6.61 Å². The highest BCUT2D eigenvalue weighted by molar-refractivity contribution is 5.66. The van der Waals surface area contributed by atoms with Gasteiger partial charge in [0, 0.05) is 25.0 Å². The van der Waals surface area contributed by atoms with Gasteiger partial charge < -0.3 is 20.1 Å². The minimum absolute atomic E-state index is 0.220. The summed E-state index contributed by atoms with van der Waals surface area (Å²) in [6.45, 7) is 1.41. The molecule has 1 aliphatic rings. The number of ether oxygens (including phenoxy) is 1. The molecule has 0 aliphatic carbocycles. The predicted molar refractivity (Wildman–Crippen MR) is 84.4 cm³/mol. The monoisotopic (exact) mass is 333 g/mol. The minimum Gasteiger partial charge on any atom is -0.394 e. The summed E-state index contributed by atoms with van der Waals surface area (Å²) in [7, 11) is 0. The molecule has 3 N–H and O–H groups in total. The van der Waals surface area contributed by atoms with Crippen LogP contribution in [0.15, 0.2) is 29.8 Å². The topological polar surface area (TPSA) is 126 Å². The Labute approximate surface area is 138 Å². The van der Waals surface area contributed by atoms with E-state index in [1.807, 2.05) is 0 Å². The van der Waals surface area contributed by atoms with Gasteiger partial charge in [0.25, 0.3) is 0 Å². The fourth-order valence-corrected chi connectivity index (χ4v) is 2.71. The van der Waals surface area contributed by atoms with Gasteiger partial charge in [-0.2, -0.15) is 5.10 Å². The van der Waals surface area contributed by atoms with Crippen LogP contribution in [0, 0.1) is 0 Å². The van der Waals surface area contributed by atoms with Crippen LogP contribution >= 0.6 is 0 Å². The van der Waals surface area contributed by atoms with E-state index in [1.165, 1.54) is 6.33 Å². The molecule has 1 unspecified atom stereocenters. The van der Waals surface area contributed by atoms with Crippen LogP contribution in [-0.4, -0.2) is 72.3 Å². The largest absolute Gasteiger partial charge is 0.394 e. The standard InChI is InChI=1S/C15H19N5O4/c1-2-16-12-9(6-10-13(22)14(23)11(7-21)24-10)17-8-18-15(12)20-5-3-4-19-20/h2-5,8,10-11,13-14,21-23H,6-7H2,1H3/t10?,11-,13+,14-/m1/s1. The smallest absolute Gasteiger partial charge is 0.182 e. The third-order valence-electron chi connectivity index (χ3n) is 3.89. The van der Waals surface area contributed by atoms with Gasteiger partial charge in [0.15, 0.2) is 5.82 Å². The Morgan fingerprint density at radius 2 is 2.08 bits per heavy atom. The Bertz CT molecular complexity index is 706. The van der Waals surface area contributed by atoms with E-state index in [9.17, 15) is 15.3 Å². The van der Waals surface area contributed by atoms with Crippen LogP contribution in [0.3, 0.4) is 0 Å². The number of aliphatic hydroxyl groups excluding tert-OH is 3. The summed E-state index contributed by atoms with van der Waals surface area (Å²) in [6.07, 6.45) is 2.86. The molecule has 2 aromatic rings. The molecule has 1 aliphatic heterocycles. The quantitative estimate of drug-likeness (QED) is 0.624. The first kappa shape index (κ1) is 16.7. The van der Waals surface area contributed by atoms with E-state index >= 15 is 0 Å².